The Morgan fingerprint density at radius 1 is 1.48 bits per heavy atom. The smallest absolute Gasteiger partial charge is 0.321 e. The van der Waals surface area contributed by atoms with Gasteiger partial charge in [0.05, 0.1) is 22.9 Å². The number of urea groups is 1. The minimum atomic E-state index is -0.949. The van der Waals surface area contributed by atoms with E-state index in [0.29, 0.717) is 17.3 Å². The van der Waals surface area contributed by atoms with Crippen LogP contribution in [0.5, 0.6) is 0 Å². The molecule has 0 saturated carbocycles. The second kappa shape index (κ2) is 7.02. The fourth-order valence-electron chi connectivity index (χ4n) is 2.18. The largest absolute Gasteiger partial charge is 0.389 e. The van der Waals surface area contributed by atoms with Crippen LogP contribution in [0.25, 0.3) is 5.69 Å². The van der Waals surface area contributed by atoms with Gasteiger partial charge in [-0.05, 0) is 45.0 Å². The van der Waals surface area contributed by atoms with E-state index in [1.165, 1.54) is 4.90 Å². The molecule has 2 aromatic rings. The Hall–Kier alpha value is -2.05. The zero-order valence-corrected chi connectivity index (χ0v) is 14.2. The summed E-state index contributed by atoms with van der Waals surface area (Å²) in [5.74, 6) is 0. The molecule has 0 atom stereocenters. The molecular weight excluding hydrogens is 316 g/mol. The summed E-state index contributed by atoms with van der Waals surface area (Å²) in [6.07, 6.45) is 3.46. The number of carbonyl (C=O) groups is 1. The van der Waals surface area contributed by atoms with Crippen LogP contribution in [0.4, 0.5) is 10.5 Å². The molecule has 2 rings (SSSR count). The number of aromatic nitrogens is 2. The molecule has 7 heteroatoms. The van der Waals surface area contributed by atoms with Gasteiger partial charge in [0.1, 0.15) is 0 Å². The Morgan fingerprint density at radius 2 is 2.22 bits per heavy atom. The van der Waals surface area contributed by atoms with Gasteiger partial charge in [0.2, 0.25) is 0 Å². The zero-order chi connectivity index (χ0) is 17.0. The minimum absolute atomic E-state index is 0.244. The number of rotatable bonds is 5. The maximum Gasteiger partial charge on any atom is 0.321 e. The molecule has 0 aliphatic carbocycles. The maximum atomic E-state index is 12.3. The lowest BCUT2D eigenvalue weighted by atomic mass is 10.1. The number of aliphatic hydroxyl groups is 1. The van der Waals surface area contributed by atoms with E-state index in [0.717, 1.165) is 5.69 Å². The third kappa shape index (κ3) is 4.71. The second-order valence-corrected chi connectivity index (χ2v) is 6.28. The van der Waals surface area contributed by atoms with Crippen molar-refractivity contribution in [2.45, 2.75) is 26.4 Å². The van der Waals surface area contributed by atoms with Crippen LogP contribution in [0, 0.1) is 0 Å². The van der Waals surface area contributed by atoms with Gasteiger partial charge in [-0.3, -0.25) is 0 Å². The predicted octanol–water partition coefficient (Wildman–Crippen LogP) is 3.15. The van der Waals surface area contributed by atoms with E-state index in [4.69, 9.17) is 11.6 Å². The van der Waals surface area contributed by atoms with E-state index in [-0.39, 0.29) is 12.6 Å². The summed E-state index contributed by atoms with van der Waals surface area (Å²) in [4.78, 5) is 13.8. The first-order valence-corrected chi connectivity index (χ1v) is 7.76. The molecule has 6 nitrogen and oxygen atoms in total. The molecule has 0 aliphatic heterocycles. The highest BCUT2D eigenvalue weighted by Gasteiger charge is 2.21. The maximum absolute atomic E-state index is 12.3. The third-order valence-electron chi connectivity index (χ3n) is 3.20. The van der Waals surface area contributed by atoms with Gasteiger partial charge in [0.15, 0.2) is 0 Å². The Morgan fingerprint density at radius 3 is 2.74 bits per heavy atom. The summed E-state index contributed by atoms with van der Waals surface area (Å²) >= 11 is 6.26. The van der Waals surface area contributed by atoms with Crippen LogP contribution in [-0.4, -0.2) is 44.5 Å². The van der Waals surface area contributed by atoms with Gasteiger partial charge in [-0.2, -0.15) is 5.10 Å². The molecule has 0 radical (unpaired) electrons. The summed E-state index contributed by atoms with van der Waals surface area (Å²) in [6.45, 7) is 5.93. The first kappa shape index (κ1) is 17.3. The van der Waals surface area contributed by atoms with Crippen molar-refractivity contribution in [3.8, 4) is 5.69 Å². The highest BCUT2D eigenvalue weighted by atomic mass is 35.5. The Kier molecular flexibility index (Phi) is 5.28. The molecule has 23 heavy (non-hydrogen) atoms. The molecule has 0 saturated heterocycles. The normalized spacial score (nSPS) is 11.3. The van der Waals surface area contributed by atoms with E-state index in [2.05, 4.69) is 10.4 Å². The van der Waals surface area contributed by atoms with E-state index < -0.39 is 5.60 Å². The number of nitrogens with zero attached hydrogens (tertiary/aromatic N) is 3. The summed E-state index contributed by atoms with van der Waals surface area (Å²) in [6, 6.07) is 6.75. The van der Waals surface area contributed by atoms with Gasteiger partial charge < -0.3 is 15.3 Å². The van der Waals surface area contributed by atoms with Crippen molar-refractivity contribution < 1.29 is 9.90 Å². The lowest BCUT2D eigenvalue weighted by Crippen LogP contribution is -2.44. The summed E-state index contributed by atoms with van der Waals surface area (Å²) in [7, 11) is 0. The summed E-state index contributed by atoms with van der Waals surface area (Å²) in [5, 5.41) is 17.3. The average molecular weight is 337 g/mol. The van der Waals surface area contributed by atoms with Crippen LogP contribution in [0.3, 0.4) is 0 Å². The molecule has 1 heterocycles. The van der Waals surface area contributed by atoms with Crippen LogP contribution in [0.2, 0.25) is 5.02 Å². The number of nitrogens with one attached hydrogen (secondary N) is 1. The highest BCUT2D eigenvalue weighted by Crippen LogP contribution is 2.24. The number of carbonyl (C=O) groups excluding carboxylic acids is 1. The van der Waals surface area contributed by atoms with Crippen LogP contribution in [0.1, 0.15) is 20.8 Å². The monoisotopic (exact) mass is 336 g/mol. The molecule has 0 spiro atoms. The fraction of sp³-hybridized carbons (Fsp3) is 0.375. The van der Waals surface area contributed by atoms with Crippen molar-refractivity contribution >= 4 is 23.3 Å². The van der Waals surface area contributed by atoms with Crippen LogP contribution >= 0.6 is 11.6 Å². The van der Waals surface area contributed by atoms with Crippen LogP contribution in [-0.2, 0) is 0 Å². The van der Waals surface area contributed by atoms with Crippen molar-refractivity contribution in [2.24, 2.45) is 0 Å². The number of anilines is 1. The van der Waals surface area contributed by atoms with E-state index in [9.17, 15) is 9.90 Å². The van der Waals surface area contributed by atoms with Gasteiger partial charge in [-0.25, -0.2) is 9.48 Å². The molecule has 0 bridgehead atoms. The first-order valence-electron chi connectivity index (χ1n) is 7.38. The van der Waals surface area contributed by atoms with Gasteiger partial charge in [-0.1, -0.05) is 11.6 Å². The second-order valence-electron chi connectivity index (χ2n) is 5.87. The SMILES string of the molecule is CCN(CC(C)(C)O)C(=O)Nc1ccc(-n2cccn2)c(Cl)c1. The molecule has 124 valence electrons. The quantitative estimate of drug-likeness (QED) is 0.881. The summed E-state index contributed by atoms with van der Waals surface area (Å²) < 4.78 is 1.65. The molecular formula is C16H21ClN4O2. The number of likely N-dealkylation sites (N-methyl/N-ethyl adjacent to an activating group) is 1. The Bertz CT molecular complexity index is 665. The topological polar surface area (TPSA) is 70.4 Å². The lowest BCUT2D eigenvalue weighted by Gasteiger charge is -2.28. The Labute approximate surface area is 140 Å². The van der Waals surface area contributed by atoms with E-state index in [1.807, 2.05) is 13.0 Å². The third-order valence-corrected chi connectivity index (χ3v) is 3.50. The zero-order valence-electron chi connectivity index (χ0n) is 13.5. The number of hydrogen-bond donors (Lipinski definition) is 2. The molecule has 2 amide bonds. The van der Waals surface area contributed by atoms with Crippen LogP contribution in [0.15, 0.2) is 36.7 Å². The van der Waals surface area contributed by atoms with Crippen molar-refractivity contribution in [1.29, 1.82) is 0 Å². The van der Waals surface area contributed by atoms with Gasteiger partial charge >= 0.3 is 6.03 Å². The average Bonchev–Trinajstić information content (AvgIpc) is 2.97. The standard InChI is InChI=1S/C16H21ClN4O2/c1-4-20(11-16(2,3)23)15(22)19-12-6-7-14(13(17)10-12)21-9-5-8-18-21/h5-10,23H,4,11H2,1-3H3,(H,19,22). The van der Waals surface area contributed by atoms with Gasteiger partial charge in [0, 0.05) is 24.6 Å². The van der Waals surface area contributed by atoms with Gasteiger partial charge in [0.25, 0.3) is 0 Å². The first-order chi connectivity index (χ1) is 10.8. The minimum Gasteiger partial charge on any atom is -0.389 e. The number of benzene rings is 1. The molecule has 0 fully saturated rings. The molecule has 1 aromatic heterocycles. The van der Waals surface area contributed by atoms with E-state index in [1.54, 1.807) is 49.1 Å². The Balaban J connectivity index is 2.11. The predicted molar refractivity (Wildman–Crippen MR) is 91.1 cm³/mol. The highest BCUT2D eigenvalue weighted by molar-refractivity contribution is 6.32. The lowest BCUT2D eigenvalue weighted by molar-refractivity contribution is 0.0501. The van der Waals surface area contributed by atoms with Crippen molar-refractivity contribution in [3.05, 3.63) is 41.7 Å². The van der Waals surface area contributed by atoms with E-state index >= 15 is 0 Å². The molecule has 0 aliphatic rings. The molecule has 2 N–H and O–H groups in total. The van der Waals surface area contributed by atoms with Gasteiger partial charge in [-0.15, -0.1) is 0 Å². The van der Waals surface area contributed by atoms with Crippen molar-refractivity contribution in [3.63, 3.8) is 0 Å². The molecule has 0 unspecified atom stereocenters. The van der Waals surface area contributed by atoms with Crippen molar-refractivity contribution in [1.82, 2.24) is 14.7 Å². The van der Waals surface area contributed by atoms with Crippen molar-refractivity contribution in [2.75, 3.05) is 18.4 Å². The number of amides is 2. The fourth-order valence-corrected chi connectivity index (χ4v) is 2.45. The van der Waals surface area contributed by atoms with Crippen LogP contribution < -0.4 is 5.32 Å². The summed E-state index contributed by atoms with van der Waals surface area (Å²) in [5.41, 5.74) is 0.373. The molecule has 1 aromatic carbocycles. The number of hydrogen-bond acceptors (Lipinski definition) is 3. The number of halogens is 1.